The van der Waals surface area contributed by atoms with Gasteiger partial charge in [0.15, 0.2) is 0 Å². The third-order valence-corrected chi connectivity index (χ3v) is 5.12. The number of likely N-dealkylation sites (N-methyl/N-ethyl adjacent to an activating group) is 1. The molecule has 1 heterocycles. The SMILES string of the molecule is Cc1ccc(-c2nc(C(=O)N(C)CC(=O)Nc3ccccc3Cl)cs2)cc1. The number of aromatic nitrogens is 1. The predicted octanol–water partition coefficient (Wildman–Crippen LogP) is 4.48. The first-order valence-electron chi connectivity index (χ1n) is 8.26. The molecule has 7 heteroatoms. The van der Waals surface area contributed by atoms with Gasteiger partial charge in [-0.05, 0) is 19.1 Å². The molecule has 0 fully saturated rings. The van der Waals surface area contributed by atoms with Crippen molar-refractivity contribution in [3.05, 3.63) is 70.2 Å². The highest BCUT2D eigenvalue weighted by Crippen LogP contribution is 2.24. The second-order valence-electron chi connectivity index (χ2n) is 6.09. The van der Waals surface area contributed by atoms with Crippen molar-refractivity contribution in [2.75, 3.05) is 18.9 Å². The Balaban J connectivity index is 1.64. The van der Waals surface area contributed by atoms with Crippen molar-refractivity contribution in [1.82, 2.24) is 9.88 Å². The maximum Gasteiger partial charge on any atom is 0.273 e. The summed E-state index contributed by atoms with van der Waals surface area (Å²) in [6, 6.07) is 14.9. The summed E-state index contributed by atoms with van der Waals surface area (Å²) in [7, 11) is 1.57. The smallest absolute Gasteiger partial charge is 0.273 e. The highest BCUT2D eigenvalue weighted by Gasteiger charge is 2.18. The molecule has 0 aliphatic carbocycles. The lowest BCUT2D eigenvalue weighted by molar-refractivity contribution is -0.116. The first-order chi connectivity index (χ1) is 12.9. The van der Waals surface area contributed by atoms with Crippen molar-refractivity contribution in [2.45, 2.75) is 6.92 Å². The maximum atomic E-state index is 12.6. The van der Waals surface area contributed by atoms with Gasteiger partial charge in [0.1, 0.15) is 10.7 Å². The van der Waals surface area contributed by atoms with E-state index in [1.54, 1.807) is 36.7 Å². The topological polar surface area (TPSA) is 62.3 Å². The van der Waals surface area contributed by atoms with Gasteiger partial charge >= 0.3 is 0 Å². The Kier molecular flexibility index (Phi) is 5.88. The molecular formula is C20H18ClN3O2S. The number of carbonyl (C=O) groups is 2. The summed E-state index contributed by atoms with van der Waals surface area (Å²) in [5, 5.41) is 5.63. The molecule has 3 rings (SSSR count). The van der Waals surface area contributed by atoms with E-state index in [1.165, 1.54) is 16.2 Å². The van der Waals surface area contributed by atoms with Crippen molar-refractivity contribution >= 4 is 40.4 Å². The van der Waals surface area contributed by atoms with Gasteiger partial charge in [0.05, 0.1) is 17.3 Å². The van der Waals surface area contributed by atoms with Crippen molar-refractivity contribution in [3.8, 4) is 10.6 Å². The van der Waals surface area contributed by atoms with Crippen LogP contribution in [0.2, 0.25) is 5.02 Å². The van der Waals surface area contributed by atoms with Crippen molar-refractivity contribution in [3.63, 3.8) is 0 Å². The zero-order valence-electron chi connectivity index (χ0n) is 14.9. The second kappa shape index (κ2) is 8.33. The molecule has 0 saturated heterocycles. The third kappa shape index (κ3) is 4.72. The largest absolute Gasteiger partial charge is 0.331 e. The fourth-order valence-corrected chi connectivity index (χ4v) is 3.42. The summed E-state index contributed by atoms with van der Waals surface area (Å²) >= 11 is 7.43. The highest BCUT2D eigenvalue weighted by atomic mass is 35.5. The molecule has 0 radical (unpaired) electrons. The second-order valence-corrected chi connectivity index (χ2v) is 7.36. The summed E-state index contributed by atoms with van der Waals surface area (Å²) < 4.78 is 0. The minimum absolute atomic E-state index is 0.0958. The van der Waals surface area contributed by atoms with Crippen LogP contribution in [0.1, 0.15) is 16.1 Å². The zero-order valence-corrected chi connectivity index (χ0v) is 16.5. The van der Waals surface area contributed by atoms with Crippen LogP contribution in [0.4, 0.5) is 5.69 Å². The number of nitrogens with one attached hydrogen (secondary N) is 1. The third-order valence-electron chi connectivity index (χ3n) is 3.90. The van der Waals surface area contributed by atoms with Crippen molar-refractivity contribution < 1.29 is 9.59 Å². The number of nitrogens with zero attached hydrogens (tertiary/aromatic N) is 2. The quantitative estimate of drug-likeness (QED) is 0.687. The van der Waals surface area contributed by atoms with Crippen LogP contribution in [0, 0.1) is 6.92 Å². The predicted molar refractivity (Wildman–Crippen MR) is 109 cm³/mol. The monoisotopic (exact) mass is 399 g/mol. The molecule has 1 N–H and O–H groups in total. The van der Waals surface area contributed by atoms with Crippen LogP contribution in [0.5, 0.6) is 0 Å². The molecular weight excluding hydrogens is 382 g/mol. The number of benzene rings is 2. The van der Waals surface area contributed by atoms with E-state index in [9.17, 15) is 9.59 Å². The number of carbonyl (C=O) groups excluding carboxylic acids is 2. The number of hydrogen-bond acceptors (Lipinski definition) is 4. The summed E-state index contributed by atoms with van der Waals surface area (Å²) in [5.41, 5.74) is 2.96. The lowest BCUT2D eigenvalue weighted by Crippen LogP contribution is -2.35. The van der Waals surface area contributed by atoms with Gasteiger partial charge in [-0.2, -0.15) is 0 Å². The van der Waals surface area contributed by atoms with Gasteiger partial charge < -0.3 is 10.2 Å². The Morgan fingerprint density at radius 3 is 2.56 bits per heavy atom. The Bertz CT molecular complexity index is 969. The standard InChI is InChI=1S/C20H18ClN3O2S/c1-13-7-9-14(10-8-13)19-23-17(12-27-19)20(26)24(2)11-18(25)22-16-6-4-3-5-15(16)21/h3-10,12H,11H2,1-2H3,(H,22,25). The van der Waals surface area contributed by atoms with Crippen LogP contribution in [0.15, 0.2) is 53.9 Å². The summed E-state index contributed by atoms with van der Waals surface area (Å²) in [4.78, 5) is 30.5. The van der Waals surface area contributed by atoms with Gasteiger partial charge in [0.2, 0.25) is 5.91 Å². The number of amides is 2. The molecule has 3 aromatic rings. The fourth-order valence-electron chi connectivity index (χ4n) is 2.44. The van der Waals surface area contributed by atoms with E-state index in [-0.39, 0.29) is 18.4 Å². The van der Waals surface area contributed by atoms with Crippen LogP contribution in [-0.2, 0) is 4.79 Å². The summed E-state index contributed by atoms with van der Waals surface area (Å²) in [6.45, 7) is 1.92. The average molecular weight is 400 g/mol. The maximum absolute atomic E-state index is 12.6. The number of thiazole rings is 1. The number of halogens is 1. The molecule has 0 aliphatic heterocycles. The number of hydrogen-bond donors (Lipinski definition) is 1. The summed E-state index contributed by atoms with van der Waals surface area (Å²) in [5.74, 6) is -0.633. The van der Waals surface area contributed by atoms with Crippen molar-refractivity contribution in [1.29, 1.82) is 0 Å². The number of aryl methyl sites for hydroxylation is 1. The van der Waals surface area contributed by atoms with Gasteiger partial charge in [-0.15, -0.1) is 11.3 Å². The minimum Gasteiger partial charge on any atom is -0.331 e. The Hall–Kier alpha value is -2.70. The number of para-hydroxylation sites is 1. The van der Waals surface area contributed by atoms with E-state index in [0.29, 0.717) is 16.4 Å². The van der Waals surface area contributed by atoms with E-state index >= 15 is 0 Å². The summed E-state index contributed by atoms with van der Waals surface area (Å²) in [6.07, 6.45) is 0. The van der Waals surface area contributed by atoms with Gasteiger partial charge in [-0.25, -0.2) is 4.98 Å². The minimum atomic E-state index is -0.326. The van der Waals surface area contributed by atoms with Crippen LogP contribution < -0.4 is 5.32 Å². The lowest BCUT2D eigenvalue weighted by atomic mass is 10.2. The molecule has 0 bridgehead atoms. The van der Waals surface area contributed by atoms with E-state index in [0.717, 1.165) is 16.1 Å². The van der Waals surface area contributed by atoms with Crippen LogP contribution in [0.3, 0.4) is 0 Å². The van der Waals surface area contributed by atoms with Crippen LogP contribution in [-0.4, -0.2) is 35.3 Å². The van der Waals surface area contributed by atoms with Crippen molar-refractivity contribution in [2.24, 2.45) is 0 Å². The molecule has 0 saturated carbocycles. The first kappa shape index (κ1) is 19.1. The number of rotatable bonds is 5. The Morgan fingerprint density at radius 1 is 1.15 bits per heavy atom. The van der Waals surface area contributed by atoms with Gasteiger partial charge in [-0.1, -0.05) is 53.6 Å². The average Bonchev–Trinajstić information content (AvgIpc) is 3.13. The highest BCUT2D eigenvalue weighted by molar-refractivity contribution is 7.13. The van der Waals surface area contributed by atoms with E-state index in [2.05, 4.69) is 10.3 Å². The molecule has 0 unspecified atom stereocenters. The fraction of sp³-hybridized carbons (Fsp3) is 0.150. The first-order valence-corrected chi connectivity index (χ1v) is 9.52. The Morgan fingerprint density at radius 2 is 1.85 bits per heavy atom. The zero-order chi connectivity index (χ0) is 19.4. The molecule has 27 heavy (non-hydrogen) atoms. The van der Waals surface area contributed by atoms with Gasteiger partial charge in [0.25, 0.3) is 5.91 Å². The number of anilines is 1. The lowest BCUT2D eigenvalue weighted by Gasteiger charge is -2.16. The molecule has 2 aromatic carbocycles. The van der Waals surface area contributed by atoms with Crippen LogP contribution in [0.25, 0.3) is 10.6 Å². The molecule has 0 spiro atoms. The Labute approximate surface area is 166 Å². The van der Waals surface area contributed by atoms with E-state index in [4.69, 9.17) is 11.6 Å². The molecule has 0 atom stereocenters. The van der Waals surface area contributed by atoms with Crippen LogP contribution >= 0.6 is 22.9 Å². The molecule has 138 valence electrons. The molecule has 1 aromatic heterocycles. The van der Waals surface area contributed by atoms with Gasteiger partial charge in [-0.3, -0.25) is 9.59 Å². The molecule has 2 amide bonds. The van der Waals surface area contributed by atoms with E-state index in [1.807, 2.05) is 31.2 Å². The molecule has 5 nitrogen and oxygen atoms in total. The normalized spacial score (nSPS) is 10.5. The van der Waals surface area contributed by atoms with E-state index < -0.39 is 0 Å². The molecule has 0 aliphatic rings. The van der Waals surface area contributed by atoms with Gasteiger partial charge in [0, 0.05) is 18.0 Å².